The van der Waals surface area contributed by atoms with E-state index in [9.17, 15) is 4.79 Å². The normalized spacial score (nSPS) is 18.8. The minimum atomic E-state index is 0.0367. The number of aromatic nitrogens is 2. The second-order valence-electron chi connectivity index (χ2n) is 6.74. The highest BCUT2D eigenvalue weighted by Crippen LogP contribution is 2.30. The van der Waals surface area contributed by atoms with Crippen LogP contribution in [0.2, 0.25) is 0 Å². The Bertz CT molecular complexity index is 766. The van der Waals surface area contributed by atoms with E-state index in [-0.39, 0.29) is 11.8 Å². The summed E-state index contributed by atoms with van der Waals surface area (Å²) in [6.45, 7) is 1.35. The van der Waals surface area contributed by atoms with Crippen molar-refractivity contribution in [2.45, 2.75) is 45.2 Å². The molecular weight excluding hydrogens is 302 g/mol. The van der Waals surface area contributed by atoms with Gasteiger partial charge in [-0.15, -0.1) is 0 Å². The average Bonchev–Trinajstić information content (AvgIpc) is 3.26. The fraction of sp³-hybridized carbons (Fsp3) is 0.474. The van der Waals surface area contributed by atoms with Gasteiger partial charge in [-0.1, -0.05) is 6.07 Å². The van der Waals surface area contributed by atoms with E-state index in [0.717, 1.165) is 49.2 Å². The molecule has 24 heavy (non-hydrogen) atoms. The third kappa shape index (κ3) is 2.79. The van der Waals surface area contributed by atoms with Crippen molar-refractivity contribution in [1.29, 1.82) is 0 Å². The van der Waals surface area contributed by atoms with Gasteiger partial charge in [0.05, 0.1) is 7.11 Å². The Kier molecular flexibility index (Phi) is 4.00. The standard InChI is InChI=1S/C19H23N3O2/c1-24-18-11-14-4-2-3-13(14)9-16(18)12-20-19(23)15-6-8-22-17(10-15)5-7-21-22/h5,7,9,11,15H,2-4,6,8,10,12H2,1H3,(H,20,23). The second kappa shape index (κ2) is 6.30. The van der Waals surface area contributed by atoms with Crippen LogP contribution >= 0.6 is 0 Å². The average molecular weight is 325 g/mol. The van der Waals surface area contributed by atoms with E-state index in [1.54, 1.807) is 7.11 Å². The number of rotatable bonds is 4. The van der Waals surface area contributed by atoms with E-state index < -0.39 is 0 Å². The number of aryl methyl sites for hydroxylation is 3. The predicted molar refractivity (Wildman–Crippen MR) is 90.9 cm³/mol. The highest BCUT2D eigenvalue weighted by molar-refractivity contribution is 5.79. The van der Waals surface area contributed by atoms with Crippen molar-refractivity contribution in [3.05, 3.63) is 46.8 Å². The van der Waals surface area contributed by atoms with Crippen LogP contribution in [0, 0.1) is 5.92 Å². The van der Waals surface area contributed by atoms with Gasteiger partial charge < -0.3 is 10.1 Å². The molecule has 1 amide bonds. The van der Waals surface area contributed by atoms with Crippen molar-refractivity contribution in [3.8, 4) is 5.75 Å². The van der Waals surface area contributed by atoms with E-state index in [1.165, 1.54) is 17.5 Å². The fourth-order valence-electron chi connectivity index (χ4n) is 3.90. The summed E-state index contributed by atoms with van der Waals surface area (Å²) < 4.78 is 7.51. The van der Waals surface area contributed by atoms with Gasteiger partial charge >= 0.3 is 0 Å². The Balaban J connectivity index is 1.43. The van der Waals surface area contributed by atoms with Crippen LogP contribution in [-0.2, 0) is 37.1 Å². The maximum atomic E-state index is 12.6. The SMILES string of the molecule is COc1cc2c(cc1CNC(=O)C1CCn3nccc3C1)CCC2. The van der Waals surface area contributed by atoms with Crippen LogP contribution in [0.5, 0.6) is 5.75 Å². The summed E-state index contributed by atoms with van der Waals surface area (Å²) in [5, 5.41) is 7.38. The van der Waals surface area contributed by atoms with Gasteiger partial charge in [0.25, 0.3) is 0 Å². The van der Waals surface area contributed by atoms with Crippen molar-refractivity contribution < 1.29 is 9.53 Å². The summed E-state index contributed by atoms with van der Waals surface area (Å²) in [4.78, 5) is 12.6. The third-order valence-electron chi connectivity index (χ3n) is 5.27. The molecule has 2 aromatic rings. The molecule has 0 spiro atoms. The van der Waals surface area contributed by atoms with Crippen LogP contribution < -0.4 is 10.1 Å². The van der Waals surface area contributed by atoms with Gasteiger partial charge in [-0.3, -0.25) is 9.48 Å². The third-order valence-corrected chi connectivity index (χ3v) is 5.27. The summed E-state index contributed by atoms with van der Waals surface area (Å²) in [7, 11) is 1.70. The van der Waals surface area contributed by atoms with Gasteiger partial charge in [0.2, 0.25) is 5.91 Å². The monoisotopic (exact) mass is 325 g/mol. The number of ether oxygens (including phenoxy) is 1. The molecule has 5 heteroatoms. The molecule has 1 unspecified atom stereocenters. The summed E-state index contributed by atoms with van der Waals surface area (Å²) in [6.07, 6.45) is 6.91. The van der Waals surface area contributed by atoms with Gasteiger partial charge in [0, 0.05) is 42.9 Å². The van der Waals surface area contributed by atoms with E-state index >= 15 is 0 Å². The van der Waals surface area contributed by atoms with Crippen molar-refractivity contribution in [2.24, 2.45) is 5.92 Å². The van der Waals surface area contributed by atoms with Crippen LogP contribution in [0.15, 0.2) is 24.4 Å². The number of carbonyl (C=O) groups is 1. The molecule has 2 heterocycles. The van der Waals surface area contributed by atoms with E-state index in [2.05, 4.69) is 22.5 Å². The van der Waals surface area contributed by atoms with E-state index in [0.29, 0.717) is 6.54 Å². The zero-order valence-electron chi connectivity index (χ0n) is 14.0. The number of carbonyl (C=O) groups excluding carboxylic acids is 1. The molecule has 1 aromatic heterocycles. The van der Waals surface area contributed by atoms with Crippen molar-refractivity contribution >= 4 is 5.91 Å². The lowest BCUT2D eigenvalue weighted by molar-refractivity contribution is -0.125. The molecule has 0 saturated carbocycles. The molecule has 5 nitrogen and oxygen atoms in total. The first-order chi connectivity index (χ1) is 11.7. The highest BCUT2D eigenvalue weighted by Gasteiger charge is 2.25. The molecule has 0 radical (unpaired) electrons. The Labute approximate surface area is 142 Å². The summed E-state index contributed by atoms with van der Waals surface area (Å²) in [5.41, 5.74) is 5.02. The molecular formula is C19H23N3O2. The summed E-state index contributed by atoms with van der Waals surface area (Å²) >= 11 is 0. The predicted octanol–water partition coefficient (Wildman–Crippen LogP) is 2.26. The van der Waals surface area contributed by atoms with Gasteiger partial charge in [-0.05, 0) is 48.9 Å². The molecule has 126 valence electrons. The Morgan fingerprint density at radius 2 is 2.21 bits per heavy atom. The zero-order chi connectivity index (χ0) is 16.5. The Hall–Kier alpha value is -2.30. The topological polar surface area (TPSA) is 56.1 Å². The number of methoxy groups -OCH3 is 1. The minimum absolute atomic E-state index is 0.0367. The maximum Gasteiger partial charge on any atom is 0.223 e. The van der Waals surface area contributed by atoms with Crippen molar-refractivity contribution in [3.63, 3.8) is 0 Å². The van der Waals surface area contributed by atoms with Gasteiger partial charge in [0.15, 0.2) is 0 Å². The molecule has 0 saturated heterocycles. The first kappa shape index (κ1) is 15.2. The molecule has 0 bridgehead atoms. The van der Waals surface area contributed by atoms with Crippen LogP contribution in [0.3, 0.4) is 0 Å². The quantitative estimate of drug-likeness (QED) is 0.938. The fourth-order valence-corrected chi connectivity index (χ4v) is 3.90. The van der Waals surface area contributed by atoms with Crippen LogP contribution in [0.4, 0.5) is 0 Å². The lowest BCUT2D eigenvalue weighted by Gasteiger charge is -2.23. The number of benzene rings is 1. The molecule has 1 aliphatic carbocycles. The Morgan fingerprint density at radius 1 is 1.38 bits per heavy atom. The van der Waals surface area contributed by atoms with Crippen LogP contribution in [0.25, 0.3) is 0 Å². The first-order valence-electron chi connectivity index (χ1n) is 8.71. The molecule has 0 fully saturated rings. The van der Waals surface area contributed by atoms with Gasteiger partial charge in [0.1, 0.15) is 5.75 Å². The number of nitrogens with zero attached hydrogens (tertiary/aromatic N) is 2. The van der Waals surface area contributed by atoms with E-state index in [1.807, 2.05) is 16.9 Å². The molecule has 1 N–H and O–H groups in total. The largest absolute Gasteiger partial charge is 0.496 e. The number of nitrogens with one attached hydrogen (secondary N) is 1. The molecule has 2 aliphatic rings. The summed E-state index contributed by atoms with van der Waals surface area (Å²) in [6, 6.07) is 6.35. The van der Waals surface area contributed by atoms with E-state index in [4.69, 9.17) is 4.74 Å². The number of amides is 1. The van der Waals surface area contributed by atoms with Crippen LogP contribution in [-0.4, -0.2) is 22.8 Å². The molecule has 4 rings (SSSR count). The number of fused-ring (bicyclic) bond motifs is 2. The smallest absolute Gasteiger partial charge is 0.223 e. The lowest BCUT2D eigenvalue weighted by atomic mass is 9.95. The molecule has 1 aromatic carbocycles. The number of hydrogen-bond donors (Lipinski definition) is 1. The van der Waals surface area contributed by atoms with Crippen LogP contribution in [0.1, 0.15) is 35.2 Å². The second-order valence-corrected chi connectivity index (χ2v) is 6.74. The Morgan fingerprint density at radius 3 is 3.04 bits per heavy atom. The zero-order valence-corrected chi connectivity index (χ0v) is 14.0. The lowest BCUT2D eigenvalue weighted by Crippen LogP contribution is -2.35. The summed E-state index contributed by atoms with van der Waals surface area (Å²) in [5.74, 6) is 1.05. The van der Waals surface area contributed by atoms with Crippen molar-refractivity contribution in [1.82, 2.24) is 15.1 Å². The first-order valence-corrected chi connectivity index (χ1v) is 8.71. The highest BCUT2D eigenvalue weighted by atomic mass is 16.5. The van der Waals surface area contributed by atoms with Gasteiger partial charge in [-0.25, -0.2) is 0 Å². The van der Waals surface area contributed by atoms with Gasteiger partial charge in [-0.2, -0.15) is 5.10 Å². The molecule has 1 atom stereocenters. The maximum absolute atomic E-state index is 12.6. The minimum Gasteiger partial charge on any atom is -0.496 e. The molecule has 1 aliphatic heterocycles. The number of hydrogen-bond acceptors (Lipinski definition) is 3. The van der Waals surface area contributed by atoms with Crippen molar-refractivity contribution in [2.75, 3.05) is 7.11 Å².